The molecule has 0 saturated carbocycles. The van der Waals surface area contributed by atoms with Crippen LogP contribution < -0.4 is 19.7 Å². The van der Waals surface area contributed by atoms with Crippen molar-refractivity contribution in [2.24, 2.45) is 0 Å². The van der Waals surface area contributed by atoms with E-state index in [-0.39, 0.29) is 24.5 Å². The van der Waals surface area contributed by atoms with E-state index in [1.54, 1.807) is 18.2 Å². The lowest BCUT2D eigenvalue weighted by atomic mass is 10.2. The van der Waals surface area contributed by atoms with Crippen molar-refractivity contribution in [1.29, 1.82) is 0 Å². The van der Waals surface area contributed by atoms with Crippen molar-refractivity contribution in [3.05, 3.63) is 52.8 Å². The zero-order chi connectivity index (χ0) is 21.3. The number of alkyl carbamates (subject to hydrolysis) is 1. The highest BCUT2D eigenvalue weighted by molar-refractivity contribution is 6.30. The quantitative estimate of drug-likeness (QED) is 0.715. The van der Waals surface area contributed by atoms with Crippen LogP contribution >= 0.6 is 11.6 Å². The smallest absolute Gasteiger partial charge is 0.410 e. The van der Waals surface area contributed by atoms with E-state index in [9.17, 15) is 19.1 Å². The maximum atomic E-state index is 13.4. The molecular formula is C20H18ClFN2O6. The molecule has 0 aliphatic carbocycles. The van der Waals surface area contributed by atoms with Crippen LogP contribution in [-0.4, -0.2) is 42.7 Å². The number of aliphatic hydroxyl groups is 1. The molecule has 0 aromatic heterocycles. The molecule has 30 heavy (non-hydrogen) atoms. The number of nitrogens with zero attached hydrogens (tertiary/aromatic N) is 1. The number of amides is 2. The summed E-state index contributed by atoms with van der Waals surface area (Å²) in [5.41, 5.74) is 0.887. The average molecular weight is 437 g/mol. The lowest BCUT2D eigenvalue weighted by Gasteiger charge is -2.24. The SMILES string of the molecule is O=C(NCc1cc(F)cc(Cl)c1)O[C@]1(O)CCN(c2ccc3c(c2)OCCO3)C1=O. The number of carbonyl (C=O) groups excluding carboxylic acids is 2. The van der Waals surface area contributed by atoms with E-state index in [0.717, 1.165) is 6.07 Å². The first-order valence-corrected chi connectivity index (χ1v) is 9.58. The van der Waals surface area contributed by atoms with E-state index >= 15 is 0 Å². The highest BCUT2D eigenvalue weighted by atomic mass is 35.5. The summed E-state index contributed by atoms with van der Waals surface area (Å²) in [6, 6.07) is 8.77. The molecule has 2 aromatic rings. The molecule has 2 heterocycles. The van der Waals surface area contributed by atoms with E-state index in [1.165, 1.54) is 17.0 Å². The molecule has 0 spiro atoms. The fourth-order valence-corrected chi connectivity index (χ4v) is 3.54. The zero-order valence-electron chi connectivity index (χ0n) is 15.7. The van der Waals surface area contributed by atoms with Gasteiger partial charge < -0.3 is 29.5 Å². The Morgan fingerprint density at radius 2 is 2.00 bits per heavy atom. The molecule has 1 atom stereocenters. The average Bonchev–Trinajstić information content (AvgIpc) is 3.00. The zero-order valence-corrected chi connectivity index (χ0v) is 16.4. The molecule has 0 unspecified atom stereocenters. The van der Waals surface area contributed by atoms with Crippen LogP contribution in [-0.2, 0) is 16.1 Å². The Balaban J connectivity index is 1.40. The van der Waals surface area contributed by atoms with Crippen LogP contribution in [0.5, 0.6) is 11.5 Å². The minimum atomic E-state index is -2.31. The molecule has 2 aromatic carbocycles. The molecule has 10 heteroatoms. The number of halogens is 2. The van der Waals surface area contributed by atoms with E-state index in [0.29, 0.717) is 36.0 Å². The number of benzene rings is 2. The van der Waals surface area contributed by atoms with Gasteiger partial charge in [-0.1, -0.05) is 11.6 Å². The highest BCUT2D eigenvalue weighted by Crippen LogP contribution is 2.37. The minimum absolute atomic E-state index is 0.0908. The number of fused-ring (bicyclic) bond motifs is 1. The number of ether oxygens (including phenoxy) is 3. The molecule has 1 fully saturated rings. The Hall–Kier alpha value is -3.04. The van der Waals surface area contributed by atoms with Crippen LogP contribution in [0.2, 0.25) is 5.02 Å². The second-order valence-corrected chi connectivity index (χ2v) is 7.28. The van der Waals surface area contributed by atoms with Crippen molar-refractivity contribution in [3.8, 4) is 11.5 Å². The van der Waals surface area contributed by atoms with E-state index in [1.807, 2.05) is 0 Å². The summed E-state index contributed by atoms with van der Waals surface area (Å²) in [5, 5.41) is 13.1. The molecule has 0 radical (unpaired) electrons. The first-order valence-electron chi connectivity index (χ1n) is 9.20. The third-order valence-electron chi connectivity index (χ3n) is 4.71. The molecular weight excluding hydrogens is 419 g/mol. The van der Waals surface area contributed by atoms with Crippen LogP contribution in [0.4, 0.5) is 14.9 Å². The number of nitrogens with one attached hydrogen (secondary N) is 1. The van der Waals surface area contributed by atoms with Crippen LogP contribution in [0, 0.1) is 5.82 Å². The van der Waals surface area contributed by atoms with Crippen LogP contribution in [0.25, 0.3) is 0 Å². The summed E-state index contributed by atoms with van der Waals surface area (Å²) in [7, 11) is 0. The van der Waals surface area contributed by atoms with Crippen LogP contribution in [0.3, 0.4) is 0 Å². The molecule has 2 aliphatic rings. The summed E-state index contributed by atoms with van der Waals surface area (Å²) in [6.07, 6.45) is -1.13. The maximum Gasteiger partial charge on any atom is 0.410 e. The van der Waals surface area contributed by atoms with Crippen molar-refractivity contribution in [2.75, 3.05) is 24.7 Å². The van der Waals surface area contributed by atoms with Gasteiger partial charge in [0.2, 0.25) is 0 Å². The van der Waals surface area contributed by atoms with Gasteiger partial charge in [-0.15, -0.1) is 0 Å². The van der Waals surface area contributed by atoms with Crippen molar-refractivity contribution in [3.63, 3.8) is 0 Å². The van der Waals surface area contributed by atoms with E-state index in [4.69, 9.17) is 25.8 Å². The Morgan fingerprint density at radius 3 is 2.77 bits per heavy atom. The molecule has 2 aliphatic heterocycles. The lowest BCUT2D eigenvalue weighted by molar-refractivity contribution is -0.175. The van der Waals surface area contributed by atoms with Gasteiger partial charge in [0.25, 0.3) is 11.7 Å². The Bertz CT molecular complexity index is 983. The topological polar surface area (TPSA) is 97.3 Å². The first kappa shape index (κ1) is 20.2. The maximum absolute atomic E-state index is 13.4. The van der Waals surface area contributed by atoms with Gasteiger partial charge in [-0.25, -0.2) is 9.18 Å². The summed E-state index contributed by atoms with van der Waals surface area (Å²) in [4.78, 5) is 26.1. The fraction of sp³-hybridized carbons (Fsp3) is 0.300. The highest BCUT2D eigenvalue weighted by Gasteiger charge is 2.49. The third kappa shape index (κ3) is 4.12. The predicted molar refractivity (Wildman–Crippen MR) is 104 cm³/mol. The van der Waals surface area contributed by atoms with Crippen molar-refractivity contribution in [1.82, 2.24) is 5.32 Å². The van der Waals surface area contributed by atoms with Gasteiger partial charge in [0.1, 0.15) is 19.0 Å². The lowest BCUT2D eigenvalue weighted by Crippen LogP contribution is -2.46. The summed E-state index contributed by atoms with van der Waals surface area (Å²) in [5.74, 6) is -2.57. The molecule has 2 N–H and O–H groups in total. The number of rotatable bonds is 4. The molecule has 0 bridgehead atoms. The fourth-order valence-electron chi connectivity index (χ4n) is 3.30. The normalized spacial score (nSPS) is 20.2. The number of hydrogen-bond acceptors (Lipinski definition) is 6. The Kier molecular flexibility index (Phi) is 5.40. The molecule has 158 valence electrons. The van der Waals surface area contributed by atoms with Gasteiger partial charge in [0, 0.05) is 36.3 Å². The first-order chi connectivity index (χ1) is 14.3. The van der Waals surface area contributed by atoms with Crippen molar-refractivity contribution < 1.29 is 33.3 Å². The van der Waals surface area contributed by atoms with Gasteiger partial charge >= 0.3 is 6.09 Å². The molecule has 1 saturated heterocycles. The molecule has 2 amide bonds. The van der Waals surface area contributed by atoms with Gasteiger partial charge in [0.15, 0.2) is 11.5 Å². The summed E-state index contributed by atoms with van der Waals surface area (Å²) >= 11 is 5.77. The van der Waals surface area contributed by atoms with E-state index in [2.05, 4.69) is 5.32 Å². The predicted octanol–water partition coefficient (Wildman–Crippen LogP) is 2.60. The Labute approximate surface area is 176 Å². The molecule has 8 nitrogen and oxygen atoms in total. The summed E-state index contributed by atoms with van der Waals surface area (Å²) in [6.45, 7) is 0.891. The van der Waals surface area contributed by atoms with Crippen molar-refractivity contribution in [2.45, 2.75) is 18.8 Å². The van der Waals surface area contributed by atoms with E-state index < -0.39 is 23.6 Å². The molecule has 4 rings (SSSR count). The van der Waals surface area contributed by atoms with Crippen LogP contribution in [0.15, 0.2) is 36.4 Å². The van der Waals surface area contributed by atoms with Gasteiger partial charge in [-0.2, -0.15) is 0 Å². The number of carbonyl (C=O) groups is 2. The van der Waals surface area contributed by atoms with Gasteiger partial charge in [-0.05, 0) is 35.9 Å². The van der Waals surface area contributed by atoms with Gasteiger partial charge in [-0.3, -0.25) is 4.79 Å². The van der Waals surface area contributed by atoms with Crippen LogP contribution in [0.1, 0.15) is 12.0 Å². The number of anilines is 1. The minimum Gasteiger partial charge on any atom is -0.486 e. The van der Waals surface area contributed by atoms with Crippen molar-refractivity contribution >= 4 is 29.3 Å². The second-order valence-electron chi connectivity index (χ2n) is 6.84. The van der Waals surface area contributed by atoms with Gasteiger partial charge in [0.05, 0.1) is 0 Å². The summed E-state index contributed by atoms with van der Waals surface area (Å²) < 4.78 is 29.3. The number of hydrogen-bond donors (Lipinski definition) is 2. The third-order valence-corrected chi connectivity index (χ3v) is 4.93. The second kappa shape index (κ2) is 8.00. The Morgan fingerprint density at radius 1 is 1.23 bits per heavy atom. The largest absolute Gasteiger partial charge is 0.486 e. The monoisotopic (exact) mass is 436 g/mol. The standard InChI is InChI=1S/C20H18ClFN2O6/c21-13-7-12(8-14(22)9-13)11-23-19(26)30-20(27)3-4-24(18(20)25)15-1-2-16-17(10-15)29-6-5-28-16/h1-2,7-10,27H,3-6,11H2,(H,23,26)/t20-/m1/s1.